The van der Waals surface area contributed by atoms with Crippen LogP contribution in [0.3, 0.4) is 0 Å². The lowest BCUT2D eigenvalue weighted by molar-refractivity contribution is -0.131. The zero-order valence-corrected chi connectivity index (χ0v) is 14.1. The average molecular weight is 312 g/mol. The number of unbranched alkanes of at least 4 members (excludes halogenated alkanes) is 1. The molecule has 0 aliphatic carbocycles. The summed E-state index contributed by atoms with van der Waals surface area (Å²) in [6, 6.07) is 14.0. The molecule has 0 aromatic heterocycles. The molecule has 0 saturated carbocycles. The minimum atomic E-state index is -0.307. The minimum Gasteiger partial charge on any atom is -0.489 e. The number of ether oxygens (including phenoxy) is 2. The van der Waals surface area contributed by atoms with Crippen LogP contribution in [0.4, 0.5) is 0 Å². The highest BCUT2D eigenvalue weighted by Gasteiger charge is 2.08. The number of esters is 1. The predicted octanol–water partition coefficient (Wildman–Crippen LogP) is 4.84. The third-order valence-electron chi connectivity index (χ3n) is 3.62. The molecule has 0 N–H and O–H groups in total. The zero-order valence-electron chi connectivity index (χ0n) is 14.1. The summed E-state index contributed by atoms with van der Waals surface area (Å²) in [6.45, 7) is 6.12. The highest BCUT2D eigenvalue weighted by Crippen LogP contribution is 2.27. The van der Waals surface area contributed by atoms with Crippen LogP contribution in [-0.2, 0) is 17.8 Å². The summed E-state index contributed by atoms with van der Waals surface area (Å²) in [5, 5.41) is 0. The van der Waals surface area contributed by atoms with E-state index in [1.807, 2.05) is 12.1 Å². The normalized spacial score (nSPS) is 10.4. The SMILES string of the molecule is CCCCc1ccc(OCc2ccc(C)cc2)cc1OC(C)=O. The Balaban J connectivity index is 2.09. The van der Waals surface area contributed by atoms with Crippen molar-refractivity contribution >= 4 is 5.97 Å². The van der Waals surface area contributed by atoms with Crippen molar-refractivity contribution in [2.24, 2.45) is 0 Å². The van der Waals surface area contributed by atoms with Gasteiger partial charge in [0.25, 0.3) is 0 Å². The van der Waals surface area contributed by atoms with Gasteiger partial charge < -0.3 is 9.47 Å². The number of hydrogen-bond donors (Lipinski definition) is 0. The molecule has 2 aromatic carbocycles. The number of carbonyl (C=O) groups excluding carboxylic acids is 1. The highest BCUT2D eigenvalue weighted by molar-refractivity contribution is 5.70. The second kappa shape index (κ2) is 8.37. The van der Waals surface area contributed by atoms with Gasteiger partial charge in [0.1, 0.15) is 18.1 Å². The van der Waals surface area contributed by atoms with Crippen LogP contribution in [0, 0.1) is 6.92 Å². The molecule has 0 atom stereocenters. The van der Waals surface area contributed by atoms with E-state index in [-0.39, 0.29) is 5.97 Å². The first-order valence-electron chi connectivity index (χ1n) is 8.08. The lowest BCUT2D eigenvalue weighted by Gasteiger charge is -2.12. The molecule has 0 aliphatic rings. The van der Waals surface area contributed by atoms with Gasteiger partial charge in [-0.2, -0.15) is 0 Å². The number of benzene rings is 2. The standard InChI is InChI=1S/C20H24O3/c1-4-5-6-18-11-12-19(13-20(18)23-16(3)21)22-14-17-9-7-15(2)8-10-17/h7-13H,4-6,14H2,1-3H3. The third-order valence-corrected chi connectivity index (χ3v) is 3.62. The van der Waals surface area contributed by atoms with E-state index in [1.165, 1.54) is 12.5 Å². The summed E-state index contributed by atoms with van der Waals surface area (Å²) in [6.07, 6.45) is 3.07. The Kier molecular flexibility index (Phi) is 6.21. The van der Waals surface area contributed by atoms with Gasteiger partial charge in [0.05, 0.1) is 0 Å². The van der Waals surface area contributed by atoms with Crippen LogP contribution in [0.1, 0.15) is 43.4 Å². The first-order valence-corrected chi connectivity index (χ1v) is 8.08. The van der Waals surface area contributed by atoms with Crippen LogP contribution in [0.25, 0.3) is 0 Å². The molecule has 3 nitrogen and oxygen atoms in total. The summed E-state index contributed by atoms with van der Waals surface area (Å²) in [4.78, 5) is 11.3. The second-order valence-electron chi connectivity index (χ2n) is 5.74. The minimum absolute atomic E-state index is 0.307. The number of rotatable bonds is 7. The van der Waals surface area contributed by atoms with Gasteiger partial charge in [0.2, 0.25) is 0 Å². The molecule has 3 heteroatoms. The number of aryl methyl sites for hydroxylation is 2. The summed E-state index contributed by atoms with van der Waals surface area (Å²) in [5.74, 6) is 1.01. The van der Waals surface area contributed by atoms with E-state index in [0.717, 1.165) is 30.4 Å². The maximum atomic E-state index is 11.3. The average Bonchev–Trinajstić information content (AvgIpc) is 2.53. The molecule has 0 aliphatic heterocycles. The Hall–Kier alpha value is -2.29. The Morgan fingerprint density at radius 2 is 1.83 bits per heavy atom. The van der Waals surface area contributed by atoms with Crippen LogP contribution >= 0.6 is 0 Å². The van der Waals surface area contributed by atoms with Gasteiger partial charge in [-0.15, -0.1) is 0 Å². The molecule has 122 valence electrons. The van der Waals surface area contributed by atoms with Gasteiger partial charge in [-0.05, 0) is 37.0 Å². The zero-order chi connectivity index (χ0) is 16.7. The Morgan fingerprint density at radius 3 is 2.48 bits per heavy atom. The molecule has 0 radical (unpaired) electrons. The summed E-state index contributed by atoms with van der Waals surface area (Å²) in [5.41, 5.74) is 3.38. The smallest absolute Gasteiger partial charge is 0.308 e. The van der Waals surface area contributed by atoms with Crippen LogP contribution in [0.2, 0.25) is 0 Å². The van der Waals surface area contributed by atoms with E-state index in [1.54, 1.807) is 6.07 Å². The molecule has 23 heavy (non-hydrogen) atoms. The van der Waals surface area contributed by atoms with Gasteiger partial charge >= 0.3 is 5.97 Å². The first-order chi connectivity index (χ1) is 11.1. The van der Waals surface area contributed by atoms with Crippen molar-refractivity contribution < 1.29 is 14.3 Å². The van der Waals surface area contributed by atoms with E-state index < -0.39 is 0 Å². The lowest BCUT2D eigenvalue weighted by Crippen LogP contribution is -2.05. The van der Waals surface area contributed by atoms with Crippen molar-refractivity contribution in [3.63, 3.8) is 0 Å². The van der Waals surface area contributed by atoms with Crippen LogP contribution in [0.15, 0.2) is 42.5 Å². The van der Waals surface area contributed by atoms with Crippen molar-refractivity contribution in [2.45, 2.75) is 46.6 Å². The third kappa shape index (κ3) is 5.44. The van der Waals surface area contributed by atoms with Crippen molar-refractivity contribution in [1.29, 1.82) is 0 Å². The van der Waals surface area contributed by atoms with Crippen molar-refractivity contribution in [2.75, 3.05) is 0 Å². The summed E-state index contributed by atoms with van der Waals surface area (Å²) in [7, 11) is 0. The van der Waals surface area contributed by atoms with Gasteiger partial charge in [-0.1, -0.05) is 49.2 Å². The maximum Gasteiger partial charge on any atom is 0.308 e. The fourth-order valence-corrected chi connectivity index (χ4v) is 2.30. The van der Waals surface area contributed by atoms with E-state index in [0.29, 0.717) is 18.1 Å². The Bertz CT molecular complexity index is 644. The van der Waals surface area contributed by atoms with E-state index in [2.05, 4.69) is 38.1 Å². The topological polar surface area (TPSA) is 35.5 Å². The first kappa shape index (κ1) is 17.1. The summed E-state index contributed by atoms with van der Waals surface area (Å²) >= 11 is 0. The van der Waals surface area contributed by atoms with Crippen molar-refractivity contribution in [1.82, 2.24) is 0 Å². The van der Waals surface area contributed by atoms with Gasteiger partial charge in [0.15, 0.2) is 0 Å². The molecule has 2 rings (SSSR count). The molecule has 2 aromatic rings. The Morgan fingerprint density at radius 1 is 1.09 bits per heavy atom. The molecule has 0 amide bonds. The Labute approximate surface area is 138 Å². The molecule has 0 unspecified atom stereocenters. The van der Waals surface area contributed by atoms with E-state index in [4.69, 9.17) is 9.47 Å². The molecule has 0 saturated heterocycles. The van der Waals surface area contributed by atoms with Gasteiger partial charge in [-0.25, -0.2) is 0 Å². The van der Waals surface area contributed by atoms with Gasteiger partial charge in [-0.3, -0.25) is 4.79 Å². The lowest BCUT2D eigenvalue weighted by atomic mass is 10.1. The molecular weight excluding hydrogens is 288 g/mol. The fraction of sp³-hybridized carbons (Fsp3) is 0.350. The highest BCUT2D eigenvalue weighted by atomic mass is 16.5. The number of hydrogen-bond acceptors (Lipinski definition) is 3. The molecule has 0 spiro atoms. The number of carbonyl (C=O) groups is 1. The molecule has 0 bridgehead atoms. The summed E-state index contributed by atoms with van der Waals surface area (Å²) < 4.78 is 11.2. The van der Waals surface area contributed by atoms with Crippen molar-refractivity contribution in [3.05, 3.63) is 59.2 Å². The van der Waals surface area contributed by atoms with Crippen LogP contribution in [0.5, 0.6) is 11.5 Å². The van der Waals surface area contributed by atoms with E-state index in [9.17, 15) is 4.79 Å². The monoisotopic (exact) mass is 312 g/mol. The van der Waals surface area contributed by atoms with Crippen LogP contribution < -0.4 is 9.47 Å². The quantitative estimate of drug-likeness (QED) is 0.542. The maximum absolute atomic E-state index is 11.3. The predicted molar refractivity (Wildman–Crippen MR) is 91.9 cm³/mol. The van der Waals surface area contributed by atoms with Gasteiger partial charge in [0, 0.05) is 13.0 Å². The largest absolute Gasteiger partial charge is 0.489 e. The fourth-order valence-electron chi connectivity index (χ4n) is 2.30. The molecule has 0 fully saturated rings. The van der Waals surface area contributed by atoms with E-state index >= 15 is 0 Å². The second-order valence-corrected chi connectivity index (χ2v) is 5.74. The van der Waals surface area contributed by atoms with Crippen molar-refractivity contribution in [3.8, 4) is 11.5 Å². The molecule has 0 heterocycles. The van der Waals surface area contributed by atoms with Crippen LogP contribution in [-0.4, -0.2) is 5.97 Å². The molecular formula is C20H24O3.